The van der Waals surface area contributed by atoms with E-state index in [-0.39, 0.29) is 30.4 Å². The van der Waals surface area contributed by atoms with E-state index in [1.807, 2.05) is 11.8 Å². The minimum absolute atomic E-state index is 0. The quantitative estimate of drug-likeness (QED) is 0.910. The third-order valence-corrected chi connectivity index (χ3v) is 3.68. The van der Waals surface area contributed by atoms with Gasteiger partial charge in [-0.15, -0.1) is 12.4 Å². The van der Waals surface area contributed by atoms with E-state index in [0.717, 1.165) is 25.8 Å². The van der Waals surface area contributed by atoms with Crippen LogP contribution in [0.5, 0.6) is 0 Å². The van der Waals surface area contributed by atoms with Gasteiger partial charge in [-0.05, 0) is 50.5 Å². The number of carbonyl (C=O) groups is 1. The summed E-state index contributed by atoms with van der Waals surface area (Å²) < 4.78 is 0. The maximum Gasteiger partial charge on any atom is 0.254 e. The predicted octanol–water partition coefficient (Wildman–Crippen LogP) is 2.32. The summed E-state index contributed by atoms with van der Waals surface area (Å²) in [5, 5.41) is 8.77. The van der Waals surface area contributed by atoms with Gasteiger partial charge in [0.15, 0.2) is 0 Å². The highest BCUT2D eigenvalue weighted by atomic mass is 35.5. The molecular formula is C15H20ClN3O. The molecule has 2 N–H and O–H groups in total. The van der Waals surface area contributed by atoms with Crippen LogP contribution in [0.4, 0.5) is 0 Å². The van der Waals surface area contributed by atoms with E-state index >= 15 is 0 Å². The molecule has 2 unspecified atom stereocenters. The molecular weight excluding hydrogens is 274 g/mol. The van der Waals surface area contributed by atoms with Crippen molar-refractivity contribution in [2.24, 2.45) is 5.73 Å². The van der Waals surface area contributed by atoms with Crippen LogP contribution in [0.25, 0.3) is 0 Å². The van der Waals surface area contributed by atoms with Crippen molar-refractivity contribution in [1.29, 1.82) is 5.26 Å². The summed E-state index contributed by atoms with van der Waals surface area (Å²) in [4.78, 5) is 14.4. The van der Waals surface area contributed by atoms with Crippen LogP contribution in [0, 0.1) is 11.3 Å². The van der Waals surface area contributed by atoms with Crippen LogP contribution in [0.3, 0.4) is 0 Å². The molecule has 1 heterocycles. The first kappa shape index (κ1) is 16.5. The van der Waals surface area contributed by atoms with Gasteiger partial charge in [-0.25, -0.2) is 0 Å². The first-order valence-electron chi connectivity index (χ1n) is 6.70. The van der Waals surface area contributed by atoms with Gasteiger partial charge in [-0.2, -0.15) is 5.26 Å². The minimum Gasteiger partial charge on any atom is -0.334 e. The van der Waals surface area contributed by atoms with Gasteiger partial charge in [-0.1, -0.05) is 0 Å². The fourth-order valence-electron chi connectivity index (χ4n) is 2.61. The summed E-state index contributed by atoms with van der Waals surface area (Å²) in [5.74, 6) is 0.0199. The first-order chi connectivity index (χ1) is 9.13. The summed E-state index contributed by atoms with van der Waals surface area (Å²) >= 11 is 0. The monoisotopic (exact) mass is 293 g/mol. The normalized spacial score (nSPS) is 19.6. The number of halogens is 1. The summed E-state index contributed by atoms with van der Waals surface area (Å²) in [7, 11) is 0. The van der Waals surface area contributed by atoms with Crippen LogP contribution in [0.1, 0.15) is 42.1 Å². The van der Waals surface area contributed by atoms with Crippen molar-refractivity contribution in [2.75, 3.05) is 6.54 Å². The number of likely N-dealkylation sites (tertiary alicyclic amines) is 1. The number of benzene rings is 1. The number of nitrogens with zero attached hydrogens (tertiary/aromatic N) is 2. The first-order valence-corrected chi connectivity index (χ1v) is 6.70. The van der Waals surface area contributed by atoms with Crippen LogP contribution in [0.15, 0.2) is 24.3 Å². The van der Waals surface area contributed by atoms with Crippen molar-refractivity contribution in [2.45, 2.75) is 38.3 Å². The molecule has 1 aromatic carbocycles. The Hall–Kier alpha value is -1.57. The highest BCUT2D eigenvalue weighted by Crippen LogP contribution is 2.21. The lowest BCUT2D eigenvalue weighted by Crippen LogP contribution is -2.51. The number of nitrogens with two attached hydrogens (primary N) is 1. The van der Waals surface area contributed by atoms with E-state index in [0.29, 0.717) is 11.1 Å². The summed E-state index contributed by atoms with van der Waals surface area (Å²) in [6, 6.07) is 8.95. The Morgan fingerprint density at radius 2 is 2.05 bits per heavy atom. The standard InChI is InChI=1S/C15H19N3O.ClH/c1-11(17)14-4-2-3-9-18(14)15(19)13-7-5-12(10-16)6-8-13;/h5-8,11,14H,2-4,9,17H2,1H3;1H. The summed E-state index contributed by atoms with van der Waals surface area (Å²) in [6.45, 7) is 2.72. The minimum atomic E-state index is -0.0115. The van der Waals surface area contributed by atoms with Crippen LogP contribution in [0.2, 0.25) is 0 Å². The highest BCUT2D eigenvalue weighted by molar-refractivity contribution is 5.94. The highest BCUT2D eigenvalue weighted by Gasteiger charge is 2.29. The van der Waals surface area contributed by atoms with Crippen molar-refractivity contribution < 1.29 is 4.79 Å². The van der Waals surface area contributed by atoms with Gasteiger partial charge in [0.2, 0.25) is 0 Å². The van der Waals surface area contributed by atoms with Gasteiger partial charge < -0.3 is 10.6 Å². The summed E-state index contributed by atoms with van der Waals surface area (Å²) in [5.41, 5.74) is 7.18. The average Bonchev–Trinajstić information content (AvgIpc) is 2.46. The number of hydrogen-bond donors (Lipinski definition) is 1. The molecule has 2 rings (SSSR count). The Labute approximate surface area is 126 Å². The third kappa shape index (κ3) is 3.50. The van der Waals surface area contributed by atoms with E-state index in [4.69, 9.17) is 11.0 Å². The zero-order chi connectivity index (χ0) is 13.8. The second kappa shape index (κ2) is 7.28. The van der Waals surface area contributed by atoms with Crippen molar-refractivity contribution in [1.82, 2.24) is 4.90 Å². The van der Waals surface area contributed by atoms with Crippen LogP contribution < -0.4 is 5.73 Å². The van der Waals surface area contributed by atoms with Gasteiger partial charge in [0.1, 0.15) is 0 Å². The van der Waals surface area contributed by atoms with Crippen LogP contribution >= 0.6 is 12.4 Å². The zero-order valence-corrected chi connectivity index (χ0v) is 12.4. The smallest absolute Gasteiger partial charge is 0.254 e. The third-order valence-electron chi connectivity index (χ3n) is 3.68. The van der Waals surface area contributed by atoms with E-state index < -0.39 is 0 Å². The number of rotatable bonds is 2. The van der Waals surface area contributed by atoms with Crippen molar-refractivity contribution in [3.05, 3.63) is 35.4 Å². The van der Waals surface area contributed by atoms with E-state index in [1.165, 1.54) is 0 Å². The van der Waals surface area contributed by atoms with Gasteiger partial charge in [0.25, 0.3) is 5.91 Å². The molecule has 108 valence electrons. The molecule has 1 aliphatic rings. The Kier molecular flexibility index (Phi) is 6.00. The molecule has 0 radical (unpaired) electrons. The lowest BCUT2D eigenvalue weighted by atomic mass is 9.96. The topological polar surface area (TPSA) is 70.1 Å². The molecule has 1 amide bonds. The maximum atomic E-state index is 12.5. The van der Waals surface area contributed by atoms with Crippen molar-refractivity contribution in [3.8, 4) is 6.07 Å². The largest absolute Gasteiger partial charge is 0.334 e. The van der Waals surface area contributed by atoms with Gasteiger partial charge in [-0.3, -0.25) is 4.79 Å². The lowest BCUT2D eigenvalue weighted by Gasteiger charge is -2.38. The lowest BCUT2D eigenvalue weighted by molar-refractivity contribution is 0.0584. The molecule has 0 aromatic heterocycles. The molecule has 2 atom stereocenters. The van der Waals surface area contributed by atoms with Gasteiger partial charge in [0, 0.05) is 24.2 Å². The van der Waals surface area contributed by atoms with Crippen LogP contribution in [-0.2, 0) is 0 Å². The van der Waals surface area contributed by atoms with Crippen molar-refractivity contribution >= 4 is 18.3 Å². The fourth-order valence-corrected chi connectivity index (χ4v) is 2.61. The molecule has 0 spiro atoms. The Morgan fingerprint density at radius 1 is 1.40 bits per heavy atom. The molecule has 0 bridgehead atoms. The van der Waals surface area contributed by atoms with E-state index in [2.05, 4.69) is 6.07 Å². The number of nitriles is 1. The van der Waals surface area contributed by atoms with Gasteiger partial charge >= 0.3 is 0 Å². The number of amides is 1. The second-order valence-electron chi connectivity index (χ2n) is 5.11. The van der Waals surface area contributed by atoms with E-state index in [9.17, 15) is 4.79 Å². The van der Waals surface area contributed by atoms with E-state index in [1.54, 1.807) is 24.3 Å². The molecule has 1 aromatic rings. The molecule has 0 aliphatic carbocycles. The van der Waals surface area contributed by atoms with Crippen LogP contribution in [-0.4, -0.2) is 29.4 Å². The van der Waals surface area contributed by atoms with Gasteiger partial charge in [0.05, 0.1) is 11.6 Å². The molecule has 5 heteroatoms. The molecule has 1 saturated heterocycles. The Bertz CT molecular complexity index is 493. The SMILES string of the molecule is CC(N)C1CCCCN1C(=O)c1ccc(C#N)cc1.Cl. The molecule has 1 aliphatic heterocycles. The molecule has 0 saturated carbocycles. The average molecular weight is 294 g/mol. The Balaban J connectivity index is 0.00000200. The number of piperidine rings is 1. The number of hydrogen-bond acceptors (Lipinski definition) is 3. The molecule has 1 fully saturated rings. The molecule has 20 heavy (non-hydrogen) atoms. The Morgan fingerprint density at radius 3 is 2.60 bits per heavy atom. The van der Waals surface area contributed by atoms with Crippen molar-refractivity contribution in [3.63, 3.8) is 0 Å². The maximum absolute atomic E-state index is 12.5. The zero-order valence-electron chi connectivity index (χ0n) is 11.6. The molecule has 4 nitrogen and oxygen atoms in total. The summed E-state index contributed by atoms with van der Waals surface area (Å²) in [6.07, 6.45) is 3.13. The number of carbonyl (C=O) groups excluding carboxylic acids is 1. The second-order valence-corrected chi connectivity index (χ2v) is 5.11. The predicted molar refractivity (Wildman–Crippen MR) is 80.7 cm³/mol. The fraction of sp³-hybridized carbons (Fsp3) is 0.467.